The van der Waals surface area contributed by atoms with Gasteiger partial charge in [-0.2, -0.15) is 5.10 Å². The van der Waals surface area contributed by atoms with Crippen molar-refractivity contribution in [1.82, 2.24) is 25.1 Å². The molecule has 4 rings (SSSR count). The van der Waals surface area contributed by atoms with E-state index >= 15 is 0 Å². The lowest BCUT2D eigenvalue weighted by atomic mass is 10.1. The molecule has 25 heavy (non-hydrogen) atoms. The van der Waals surface area contributed by atoms with Crippen molar-refractivity contribution in [3.8, 4) is 11.3 Å². The number of nitrogens with one attached hydrogen (secondary N) is 2. The molecule has 0 saturated heterocycles. The van der Waals surface area contributed by atoms with Gasteiger partial charge in [-0.15, -0.1) is 0 Å². The maximum Gasteiger partial charge on any atom is 0.251 e. The van der Waals surface area contributed by atoms with Crippen LogP contribution in [0.3, 0.4) is 0 Å². The van der Waals surface area contributed by atoms with Gasteiger partial charge in [-0.05, 0) is 35.9 Å². The molecule has 0 atom stereocenters. The Labute approximate surface area is 144 Å². The maximum atomic E-state index is 12.5. The van der Waals surface area contributed by atoms with Gasteiger partial charge in [0.15, 0.2) is 0 Å². The molecule has 0 bridgehead atoms. The highest BCUT2D eigenvalue weighted by Gasteiger charge is 2.11. The summed E-state index contributed by atoms with van der Waals surface area (Å²) in [6, 6.07) is 11.4. The zero-order chi connectivity index (χ0) is 17.2. The molecular formula is C19H17N5O. The first-order valence-corrected chi connectivity index (χ1v) is 7.99. The van der Waals surface area contributed by atoms with Crippen LogP contribution in [0.4, 0.5) is 0 Å². The number of hydrogen-bond donors (Lipinski definition) is 2. The van der Waals surface area contributed by atoms with Crippen molar-refractivity contribution in [3.63, 3.8) is 0 Å². The standard InChI is InChI=1S/C19H17N5O/c1-24-12-16(11-23-24)18-15(3-2-7-21-18)10-22-19(25)14-4-5-17-13(9-14)6-8-20-17/h2-9,11-12,20H,10H2,1H3,(H,22,25). The molecule has 6 nitrogen and oxygen atoms in total. The molecule has 0 aliphatic carbocycles. The molecule has 2 N–H and O–H groups in total. The molecule has 0 radical (unpaired) electrons. The summed E-state index contributed by atoms with van der Waals surface area (Å²) in [6.07, 6.45) is 7.29. The number of carbonyl (C=O) groups excluding carboxylic acids is 1. The van der Waals surface area contributed by atoms with E-state index in [0.29, 0.717) is 12.1 Å². The third-order valence-electron chi connectivity index (χ3n) is 4.12. The number of fused-ring (bicyclic) bond motifs is 1. The number of aromatic amines is 1. The zero-order valence-corrected chi connectivity index (χ0v) is 13.7. The topological polar surface area (TPSA) is 75.6 Å². The lowest BCUT2D eigenvalue weighted by Crippen LogP contribution is -2.23. The molecule has 0 aliphatic heterocycles. The summed E-state index contributed by atoms with van der Waals surface area (Å²) in [5.74, 6) is -0.107. The number of aryl methyl sites for hydroxylation is 1. The maximum absolute atomic E-state index is 12.5. The van der Waals surface area contributed by atoms with Crippen LogP contribution in [0, 0.1) is 0 Å². The van der Waals surface area contributed by atoms with Crippen molar-refractivity contribution in [2.75, 3.05) is 0 Å². The minimum Gasteiger partial charge on any atom is -0.361 e. The van der Waals surface area contributed by atoms with E-state index < -0.39 is 0 Å². The average molecular weight is 331 g/mol. The minimum absolute atomic E-state index is 0.107. The van der Waals surface area contributed by atoms with E-state index in [0.717, 1.165) is 27.7 Å². The van der Waals surface area contributed by atoms with E-state index in [1.54, 1.807) is 17.1 Å². The number of nitrogens with zero attached hydrogens (tertiary/aromatic N) is 3. The van der Waals surface area contributed by atoms with Crippen LogP contribution in [0.25, 0.3) is 22.2 Å². The summed E-state index contributed by atoms with van der Waals surface area (Å²) in [7, 11) is 1.87. The largest absolute Gasteiger partial charge is 0.361 e. The van der Waals surface area contributed by atoms with Crippen LogP contribution in [0.1, 0.15) is 15.9 Å². The van der Waals surface area contributed by atoms with Crippen LogP contribution < -0.4 is 5.32 Å². The van der Waals surface area contributed by atoms with Crippen LogP contribution in [-0.2, 0) is 13.6 Å². The molecule has 124 valence electrons. The van der Waals surface area contributed by atoms with Gasteiger partial charge in [-0.1, -0.05) is 6.07 Å². The summed E-state index contributed by atoms with van der Waals surface area (Å²) in [6.45, 7) is 0.405. The second-order valence-corrected chi connectivity index (χ2v) is 5.88. The van der Waals surface area contributed by atoms with Crippen molar-refractivity contribution in [3.05, 3.63) is 72.3 Å². The van der Waals surface area contributed by atoms with Gasteiger partial charge in [0.05, 0.1) is 11.9 Å². The van der Waals surface area contributed by atoms with Gasteiger partial charge in [0.2, 0.25) is 0 Å². The Balaban J connectivity index is 1.54. The van der Waals surface area contributed by atoms with Crippen LogP contribution in [0.5, 0.6) is 0 Å². The Morgan fingerprint density at radius 2 is 2.20 bits per heavy atom. The van der Waals surface area contributed by atoms with Crippen molar-refractivity contribution in [1.29, 1.82) is 0 Å². The van der Waals surface area contributed by atoms with E-state index in [2.05, 4.69) is 20.4 Å². The molecule has 0 spiro atoms. The molecule has 0 unspecified atom stereocenters. The predicted octanol–water partition coefficient (Wildman–Crippen LogP) is 2.89. The number of H-pyrrole nitrogens is 1. The van der Waals surface area contributed by atoms with Crippen LogP contribution >= 0.6 is 0 Å². The number of benzene rings is 1. The Kier molecular flexibility index (Phi) is 3.78. The van der Waals surface area contributed by atoms with Crippen LogP contribution in [0.2, 0.25) is 0 Å². The Hall–Kier alpha value is -3.41. The Morgan fingerprint density at radius 1 is 1.28 bits per heavy atom. The number of aromatic nitrogens is 4. The van der Waals surface area contributed by atoms with E-state index in [9.17, 15) is 4.79 Å². The third-order valence-corrected chi connectivity index (χ3v) is 4.12. The molecule has 3 aromatic heterocycles. The summed E-state index contributed by atoms with van der Waals surface area (Å²) in [5, 5.41) is 8.18. The van der Waals surface area contributed by atoms with Crippen molar-refractivity contribution >= 4 is 16.8 Å². The molecular weight excluding hydrogens is 314 g/mol. The summed E-state index contributed by atoms with van der Waals surface area (Å²) in [4.78, 5) is 20.0. The number of carbonyl (C=O) groups is 1. The second kappa shape index (κ2) is 6.24. The van der Waals surface area contributed by atoms with E-state index in [1.165, 1.54) is 0 Å². The molecule has 3 heterocycles. The molecule has 0 aliphatic rings. The van der Waals surface area contributed by atoms with E-state index in [4.69, 9.17) is 0 Å². The first-order chi connectivity index (χ1) is 12.2. The van der Waals surface area contributed by atoms with Gasteiger partial charge >= 0.3 is 0 Å². The van der Waals surface area contributed by atoms with Crippen molar-refractivity contribution in [2.24, 2.45) is 7.05 Å². The van der Waals surface area contributed by atoms with Crippen LogP contribution in [0.15, 0.2) is 61.2 Å². The highest BCUT2D eigenvalue weighted by Crippen LogP contribution is 2.20. The van der Waals surface area contributed by atoms with Gasteiger partial charge in [0.1, 0.15) is 0 Å². The molecule has 6 heteroatoms. The van der Waals surface area contributed by atoms with E-state index in [1.807, 2.05) is 55.8 Å². The molecule has 0 fully saturated rings. The zero-order valence-electron chi connectivity index (χ0n) is 13.7. The summed E-state index contributed by atoms with van der Waals surface area (Å²) < 4.78 is 1.73. The fourth-order valence-corrected chi connectivity index (χ4v) is 2.86. The molecule has 4 aromatic rings. The number of rotatable bonds is 4. The Bertz CT molecular complexity index is 1050. The number of pyridine rings is 1. The van der Waals surface area contributed by atoms with Gasteiger partial charge in [0.25, 0.3) is 5.91 Å². The quantitative estimate of drug-likeness (QED) is 0.604. The first-order valence-electron chi connectivity index (χ1n) is 7.99. The van der Waals surface area contributed by atoms with Gasteiger partial charge in [-0.25, -0.2) is 0 Å². The van der Waals surface area contributed by atoms with E-state index in [-0.39, 0.29) is 5.91 Å². The Morgan fingerprint density at radius 3 is 3.04 bits per heavy atom. The number of hydrogen-bond acceptors (Lipinski definition) is 3. The monoisotopic (exact) mass is 331 g/mol. The fourth-order valence-electron chi connectivity index (χ4n) is 2.86. The average Bonchev–Trinajstić information content (AvgIpc) is 3.28. The molecule has 1 amide bonds. The highest BCUT2D eigenvalue weighted by atomic mass is 16.1. The van der Waals surface area contributed by atoms with Gasteiger partial charge in [0, 0.05) is 54.2 Å². The normalized spacial score (nSPS) is 10.9. The first kappa shape index (κ1) is 15.1. The summed E-state index contributed by atoms with van der Waals surface area (Å²) >= 11 is 0. The number of amides is 1. The second-order valence-electron chi connectivity index (χ2n) is 5.88. The third kappa shape index (κ3) is 3.01. The smallest absolute Gasteiger partial charge is 0.251 e. The van der Waals surface area contributed by atoms with Crippen LogP contribution in [-0.4, -0.2) is 25.7 Å². The van der Waals surface area contributed by atoms with Crippen molar-refractivity contribution < 1.29 is 4.79 Å². The SMILES string of the molecule is Cn1cc(-c2ncccc2CNC(=O)c2ccc3[nH]ccc3c2)cn1. The fraction of sp³-hybridized carbons (Fsp3) is 0.105. The molecule has 1 aromatic carbocycles. The highest BCUT2D eigenvalue weighted by molar-refractivity contribution is 5.98. The lowest BCUT2D eigenvalue weighted by molar-refractivity contribution is 0.0951. The summed E-state index contributed by atoms with van der Waals surface area (Å²) in [5.41, 5.74) is 4.37. The predicted molar refractivity (Wildman–Crippen MR) is 95.9 cm³/mol. The van der Waals surface area contributed by atoms with Gasteiger partial charge < -0.3 is 10.3 Å². The molecule has 0 saturated carbocycles. The lowest BCUT2D eigenvalue weighted by Gasteiger charge is -2.09. The van der Waals surface area contributed by atoms with Crippen molar-refractivity contribution in [2.45, 2.75) is 6.54 Å². The van der Waals surface area contributed by atoms with Gasteiger partial charge in [-0.3, -0.25) is 14.5 Å². The minimum atomic E-state index is -0.107.